The monoisotopic (exact) mass is 363 g/mol. The number of amides is 2. The molecule has 142 valence electrons. The lowest BCUT2D eigenvalue weighted by Crippen LogP contribution is -2.51. The molecular formula is C18H25N3O5. The van der Waals surface area contributed by atoms with Crippen molar-refractivity contribution in [3.05, 3.63) is 29.8 Å². The number of ether oxygens (including phenoxy) is 2. The van der Waals surface area contributed by atoms with Gasteiger partial charge in [-0.25, -0.2) is 9.59 Å². The molecule has 0 bridgehead atoms. The van der Waals surface area contributed by atoms with E-state index in [2.05, 4.69) is 0 Å². The van der Waals surface area contributed by atoms with E-state index >= 15 is 0 Å². The van der Waals surface area contributed by atoms with E-state index < -0.39 is 5.97 Å². The third-order valence-electron chi connectivity index (χ3n) is 4.08. The van der Waals surface area contributed by atoms with E-state index in [1.165, 1.54) is 0 Å². The van der Waals surface area contributed by atoms with Gasteiger partial charge in [-0.15, -0.1) is 0 Å². The van der Waals surface area contributed by atoms with Crippen LogP contribution in [0.15, 0.2) is 24.3 Å². The lowest BCUT2D eigenvalue weighted by Gasteiger charge is -2.33. The standard InChI is InChI=1S/C18H25N3O5/c1-4-25-18(24)21-10-8-20(9-11-21)16(22)13-26-17(23)14-6-5-7-15(12-14)19(2)3/h5-7,12H,4,8-11,13H2,1-3H3. The SMILES string of the molecule is CCOC(=O)N1CCN(C(=O)COC(=O)c2cccc(N(C)C)c2)CC1. The van der Waals surface area contributed by atoms with Crippen LogP contribution >= 0.6 is 0 Å². The molecule has 2 rings (SSSR count). The second-order valence-corrected chi connectivity index (χ2v) is 6.09. The molecule has 0 unspecified atom stereocenters. The van der Waals surface area contributed by atoms with Gasteiger partial charge in [-0.2, -0.15) is 0 Å². The molecule has 0 aliphatic carbocycles. The van der Waals surface area contributed by atoms with Crippen LogP contribution in [0.3, 0.4) is 0 Å². The second-order valence-electron chi connectivity index (χ2n) is 6.09. The van der Waals surface area contributed by atoms with Crippen molar-refractivity contribution in [1.29, 1.82) is 0 Å². The van der Waals surface area contributed by atoms with Gasteiger partial charge in [-0.05, 0) is 25.1 Å². The number of nitrogens with zero attached hydrogens (tertiary/aromatic N) is 3. The van der Waals surface area contributed by atoms with E-state index in [4.69, 9.17) is 9.47 Å². The van der Waals surface area contributed by atoms with E-state index in [9.17, 15) is 14.4 Å². The number of anilines is 1. The summed E-state index contributed by atoms with van der Waals surface area (Å²) in [5, 5.41) is 0. The topological polar surface area (TPSA) is 79.4 Å². The Morgan fingerprint density at radius 1 is 1.04 bits per heavy atom. The minimum absolute atomic E-state index is 0.273. The number of carbonyl (C=O) groups excluding carboxylic acids is 3. The summed E-state index contributed by atoms with van der Waals surface area (Å²) in [5.74, 6) is -0.808. The number of benzene rings is 1. The molecule has 26 heavy (non-hydrogen) atoms. The lowest BCUT2D eigenvalue weighted by atomic mass is 10.2. The number of hydrogen-bond acceptors (Lipinski definition) is 6. The summed E-state index contributed by atoms with van der Waals surface area (Å²) in [5.41, 5.74) is 1.27. The Labute approximate surface area is 153 Å². The van der Waals surface area contributed by atoms with Crippen molar-refractivity contribution in [1.82, 2.24) is 9.80 Å². The molecule has 1 aliphatic rings. The van der Waals surface area contributed by atoms with Crippen LogP contribution in [0.4, 0.5) is 10.5 Å². The quantitative estimate of drug-likeness (QED) is 0.732. The zero-order valence-corrected chi connectivity index (χ0v) is 15.4. The number of esters is 1. The molecule has 8 nitrogen and oxygen atoms in total. The van der Waals surface area contributed by atoms with Gasteiger partial charge in [0.2, 0.25) is 0 Å². The van der Waals surface area contributed by atoms with Crippen LogP contribution in [0.25, 0.3) is 0 Å². The Morgan fingerprint density at radius 3 is 2.31 bits per heavy atom. The first-order chi connectivity index (χ1) is 12.4. The first kappa shape index (κ1) is 19.6. The molecule has 0 atom stereocenters. The van der Waals surface area contributed by atoms with E-state index in [1.54, 1.807) is 34.9 Å². The summed E-state index contributed by atoms with van der Waals surface area (Å²) in [4.78, 5) is 41.0. The molecule has 8 heteroatoms. The Bertz CT molecular complexity index is 654. The molecule has 1 fully saturated rings. The predicted octanol–water partition coefficient (Wildman–Crippen LogP) is 1.21. The maximum absolute atomic E-state index is 12.2. The number of carbonyl (C=O) groups is 3. The minimum atomic E-state index is -0.535. The summed E-state index contributed by atoms with van der Waals surface area (Å²) in [6.07, 6.45) is -0.369. The van der Waals surface area contributed by atoms with Crippen LogP contribution in [0.1, 0.15) is 17.3 Å². The first-order valence-electron chi connectivity index (χ1n) is 8.56. The maximum atomic E-state index is 12.2. The van der Waals surface area contributed by atoms with E-state index in [1.807, 2.05) is 25.1 Å². The predicted molar refractivity (Wildman–Crippen MR) is 96.2 cm³/mol. The highest BCUT2D eigenvalue weighted by Crippen LogP contribution is 2.14. The Kier molecular flexibility index (Phi) is 6.82. The number of rotatable bonds is 5. The van der Waals surface area contributed by atoms with Gasteiger partial charge in [-0.1, -0.05) is 6.07 Å². The van der Waals surface area contributed by atoms with Gasteiger partial charge < -0.3 is 24.2 Å². The highest BCUT2D eigenvalue weighted by molar-refractivity contribution is 5.92. The Hall–Kier alpha value is -2.77. The second kappa shape index (κ2) is 9.07. The minimum Gasteiger partial charge on any atom is -0.452 e. The molecule has 0 radical (unpaired) electrons. The van der Waals surface area contributed by atoms with Crippen molar-refractivity contribution in [2.45, 2.75) is 6.92 Å². The number of piperazine rings is 1. The molecule has 1 aliphatic heterocycles. The molecule has 1 saturated heterocycles. The number of hydrogen-bond donors (Lipinski definition) is 0. The summed E-state index contributed by atoms with van der Waals surface area (Å²) < 4.78 is 10.1. The molecule has 0 N–H and O–H groups in total. The van der Waals surface area contributed by atoms with Crippen LogP contribution in [0, 0.1) is 0 Å². The summed E-state index contributed by atoms with van der Waals surface area (Å²) in [7, 11) is 3.76. The van der Waals surface area contributed by atoms with E-state index in [0.717, 1.165) is 5.69 Å². The molecule has 1 aromatic rings. The fourth-order valence-corrected chi connectivity index (χ4v) is 2.57. The van der Waals surface area contributed by atoms with Crippen LogP contribution < -0.4 is 4.90 Å². The van der Waals surface area contributed by atoms with Crippen molar-refractivity contribution in [3.8, 4) is 0 Å². The molecule has 0 saturated carbocycles. The van der Waals surface area contributed by atoms with Gasteiger partial charge in [0.05, 0.1) is 12.2 Å². The fraction of sp³-hybridized carbons (Fsp3) is 0.500. The largest absolute Gasteiger partial charge is 0.452 e. The highest BCUT2D eigenvalue weighted by atomic mass is 16.6. The maximum Gasteiger partial charge on any atom is 0.409 e. The smallest absolute Gasteiger partial charge is 0.409 e. The molecule has 2 amide bonds. The van der Waals surface area contributed by atoms with Crippen LogP contribution in [-0.4, -0.2) is 81.3 Å². The fourth-order valence-electron chi connectivity index (χ4n) is 2.57. The van der Waals surface area contributed by atoms with Gasteiger partial charge >= 0.3 is 12.1 Å². The summed E-state index contributed by atoms with van der Waals surface area (Å²) >= 11 is 0. The normalized spacial score (nSPS) is 14.0. The van der Waals surface area contributed by atoms with Gasteiger partial charge in [0.15, 0.2) is 6.61 Å². The van der Waals surface area contributed by atoms with Gasteiger partial charge in [0.1, 0.15) is 0 Å². The Balaban J connectivity index is 1.81. The summed E-state index contributed by atoms with van der Waals surface area (Å²) in [6, 6.07) is 7.01. The highest BCUT2D eigenvalue weighted by Gasteiger charge is 2.25. The third kappa shape index (κ3) is 5.11. The lowest BCUT2D eigenvalue weighted by molar-refractivity contribution is -0.136. The molecule has 0 spiro atoms. The van der Waals surface area contributed by atoms with Crippen molar-refractivity contribution >= 4 is 23.7 Å². The van der Waals surface area contributed by atoms with Gasteiger partial charge in [-0.3, -0.25) is 4.79 Å². The van der Waals surface area contributed by atoms with Crippen LogP contribution in [0.5, 0.6) is 0 Å². The van der Waals surface area contributed by atoms with E-state index in [0.29, 0.717) is 38.3 Å². The molecule has 0 aromatic heterocycles. The average Bonchev–Trinajstić information content (AvgIpc) is 2.66. The van der Waals surface area contributed by atoms with Gasteiger partial charge in [0.25, 0.3) is 5.91 Å². The summed E-state index contributed by atoms with van der Waals surface area (Å²) in [6.45, 7) is 3.36. The van der Waals surface area contributed by atoms with Crippen molar-refractivity contribution < 1.29 is 23.9 Å². The zero-order valence-electron chi connectivity index (χ0n) is 15.4. The third-order valence-corrected chi connectivity index (χ3v) is 4.08. The molecular weight excluding hydrogens is 338 g/mol. The molecule has 1 aromatic carbocycles. The van der Waals surface area contributed by atoms with Crippen molar-refractivity contribution in [2.75, 3.05) is 58.4 Å². The van der Waals surface area contributed by atoms with E-state index in [-0.39, 0.29) is 18.6 Å². The van der Waals surface area contributed by atoms with Crippen molar-refractivity contribution in [3.63, 3.8) is 0 Å². The van der Waals surface area contributed by atoms with Crippen LogP contribution in [0.2, 0.25) is 0 Å². The zero-order chi connectivity index (χ0) is 19.1. The van der Waals surface area contributed by atoms with Crippen molar-refractivity contribution in [2.24, 2.45) is 0 Å². The molecule has 1 heterocycles. The Morgan fingerprint density at radius 2 is 1.69 bits per heavy atom. The first-order valence-corrected chi connectivity index (χ1v) is 8.56. The van der Waals surface area contributed by atoms with Gasteiger partial charge in [0, 0.05) is 46.0 Å². The van der Waals surface area contributed by atoms with Crippen LogP contribution in [-0.2, 0) is 14.3 Å². The average molecular weight is 363 g/mol.